The van der Waals surface area contributed by atoms with E-state index >= 15 is 0 Å². The average Bonchev–Trinajstić information content (AvgIpc) is 2.53. The largest absolute Gasteiger partial charge is 0.388 e. The first kappa shape index (κ1) is 23.3. The second-order valence-corrected chi connectivity index (χ2v) is 12.5. The number of hydrogen-bond acceptors (Lipinski definition) is 2. The summed E-state index contributed by atoms with van der Waals surface area (Å²) >= 11 is 2.14. The molecule has 0 bridgehead atoms. The summed E-state index contributed by atoms with van der Waals surface area (Å²) in [5, 5.41) is 12.1. The maximum atomic E-state index is 11.3. The van der Waals surface area contributed by atoms with Crippen LogP contribution in [0, 0.1) is 28.6 Å². The van der Waals surface area contributed by atoms with E-state index in [2.05, 4.69) is 66.3 Å². The van der Waals surface area contributed by atoms with E-state index in [0.29, 0.717) is 17.8 Å². The molecule has 2 rings (SSSR count). The molecule has 0 heterocycles. The summed E-state index contributed by atoms with van der Waals surface area (Å²) in [6, 6.07) is 0. The molecular weight excluding hydrogens is 348 g/mol. The van der Waals surface area contributed by atoms with Crippen LogP contribution in [0.2, 0.25) is 0 Å². The fraction of sp³-hybridized carbons (Fsp3) is 0.920. The topological polar surface area (TPSA) is 20.2 Å². The molecule has 0 saturated heterocycles. The van der Waals surface area contributed by atoms with Crippen LogP contribution in [0.5, 0.6) is 0 Å². The molecule has 2 heteroatoms. The highest BCUT2D eigenvalue weighted by molar-refractivity contribution is 8.00. The molecule has 1 N–H and O–H groups in total. The number of aliphatic hydroxyl groups is 1. The van der Waals surface area contributed by atoms with Crippen LogP contribution in [0.4, 0.5) is 0 Å². The van der Waals surface area contributed by atoms with Crippen LogP contribution < -0.4 is 0 Å². The molecule has 1 nitrogen and oxygen atoms in total. The molecule has 0 aliphatic heterocycles. The average molecular weight is 395 g/mol. The summed E-state index contributed by atoms with van der Waals surface area (Å²) in [5.74, 6) is 2.54. The molecule has 1 saturated carbocycles. The molecule has 3 unspecified atom stereocenters. The Bertz CT molecular complexity index is 477. The third-order valence-electron chi connectivity index (χ3n) is 7.78. The van der Waals surface area contributed by atoms with Crippen molar-refractivity contribution in [2.24, 2.45) is 28.6 Å². The van der Waals surface area contributed by atoms with Crippen LogP contribution in [-0.2, 0) is 0 Å². The van der Waals surface area contributed by atoms with Crippen LogP contribution >= 0.6 is 11.8 Å². The Kier molecular flexibility index (Phi) is 8.38. The first-order valence-electron chi connectivity index (χ1n) is 11.5. The fourth-order valence-corrected chi connectivity index (χ4v) is 6.12. The molecular formula is C25H46OS. The zero-order valence-electron chi connectivity index (χ0n) is 19.2. The van der Waals surface area contributed by atoms with Gasteiger partial charge in [-0.25, -0.2) is 0 Å². The summed E-state index contributed by atoms with van der Waals surface area (Å²) in [6.45, 7) is 16.5. The normalized spacial score (nSPS) is 29.4. The van der Waals surface area contributed by atoms with Crippen molar-refractivity contribution in [2.45, 2.75) is 111 Å². The number of thioether (sulfide) groups is 1. The third-order valence-corrected chi connectivity index (χ3v) is 9.22. The molecule has 158 valence electrons. The van der Waals surface area contributed by atoms with Gasteiger partial charge in [-0.05, 0) is 53.4 Å². The van der Waals surface area contributed by atoms with E-state index < -0.39 is 0 Å². The van der Waals surface area contributed by atoms with E-state index in [4.69, 9.17) is 0 Å². The molecule has 0 aromatic rings. The Morgan fingerprint density at radius 2 is 1.56 bits per heavy atom. The lowest BCUT2D eigenvalue weighted by Crippen LogP contribution is -2.44. The molecule has 3 atom stereocenters. The highest BCUT2D eigenvalue weighted by atomic mass is 32.2. The van der Waals surface area contributed by atoms with E-state index in [0.717, 1.165) is 17.4 Å². The quantitative estimate of drug-likeness (QED) is 0.487. The SMILES string of the molecule is CC(C)C(C)(C)C1CC(C(C)(C)C)C=C(CSC2CCCCCCC2)C1O. The van der Waals surface area contributed by atoms with Gasteiger partial charge in [0.25, 0.3) is 0 Å². The van der Waals surface area contributed by atoms with Gasteiger partial charge in [0.1, 0.15) is 0 Å². The zero-order chi connectivity index (χ0) is 20.2. The van der Waals surface area contributed by atoms with E-state index in [1.807, 2.05) is 0 Å². The van der Waals surface area contributed by atoms with Crippen LogP contribution in [0.3, 0.4) is 0 Å². The van der Waals surface area contributed by atoms with Gasteiger partial charge in [-0.15, -0.1) is 0 Å². The van der Waals surface area contributed by atoms with Crippen LogP contribution in [-0.4, -0.2) is 22.2 Å². The molecule has 2 aliphatic rings. The van der Waals surface area contributed by atoms with Crippen molar-refractivity contribution in [2.75, 3.05) is 5.75 Å². The predicted molar refractivity (Wildman–Crippen MR) is 122 cm³/mol. The van der Waals surface area contributed by atoms with E-state index in [1.54, 1.807) is 0 Å². The Labute approximate surface area is 174 Å². The van der Waals surface area contributed by atoms with Gasteiger partial charge in [0.05, 0.1) is 6.10 Å². The van der Waals surface area contributed by atoms with Gasteiger partial charge < -0.3 is 5.11 Å². The van der Waals surface area contributed by atoms with Gasteiger partial charge in [-0.3, -0.25) is 0 Å². The Hall–Kier alpha value is 0.0500. The second kappa shape index (κ2) is 9.70. The van der Waals surface area contributed by atoms with Crippen LogP contribution in [0.1, 0.15) is 99.8 Å². The molecule has 0 radical (unpaired) electrons. The minimum atomic E-state index is -0.262. The minimum Gasteiger partial charge on any atom is -0.388 e. The monoisotopic (exact) mass is 394 g/mol. The first-order chi connectivity index (χ1) is 12.5. The van der Waals surface area contributed by atoms with Crippen LogP contribution in [0.25, 0.3) is 0 Å². The van der Waals surface area contributed by atoms with Crippen molar-refractivity contribution >= 4 is 11.8 Å². The lowest BCUT2D eigenvalue weighted by molar-refractivity contribution is -0.00162. The van der Waals surface area contributed by atoms with Gasteiger partial charge in [0.2, 0.25) is 0 Å². The summed E-state index contributed by atoms with van der Waals surface area (Å²) < 4.78 is 0. The summed E-state index contributed by atoms with van der Waals surface area (Å²) in [5.41, 5.74) is 1.75. The maximum absolute atomic E-state index is 11.3. The molecule has 0 spiro atoms. The Morgan fingerprint density at radius 3 is 2.07 bits per heavy atom. The van der Waals surface area contributed by atoms with Crippen molar-refractivity contribution in [1.29, 1.82) is 0 Å². The first-order valence-corrected chi connectivity index (χ1v) is 12.6. The van der Waals surface area contributed by atoms with E-state index in [9.17, 15) is 5.11 Å². The van der Waals surface area contributed by atoms with E-state index in [-0.39, 0.29) is 16.9 Å². The molecule has 2 aliphatic carbocycles. The molecule has 0 aromatic carbocycles. The second-order valence-electron chi connectivity index (χ2n) is 11.3. The number of aliphatic hydroxyl groups excluding tert-OH is 1. The van der Waals surface area contributed by atoms with Gasteiger partial charge in [-0.1, -0.05) is 86.6 Å². The van der Waals surface area contributed by atoms with Crippen molar-refractivity contribution in [3.8, 4) is 0 Å². The maximum Gasteiger partial charge on any atom is 0.0791 e. The van der Waals surface area contributed by atoms with Gasteiger partial charge in [0, 0.05) is 11.0 Å². The van der Waals surface area contributed by atoms with Gasteiger partial charge in [0.15, 0.2) is 0 Å². The van der Waals surface area contributed by atoms with Gasteiger partial charge in [-0.2, -0.15) is 11.8 Å². The molecule has 0 aromatic heterocycles. The van der Waals surface area contributed by atoms with Gasteiger partial charge >= 0.3 is 0 Å². The lowest BCUT2D eigenvalue weighted by Gasteiger charge is -2.47. The van der Waals surface area contributed by atoms with Crippen molar-refractivity contribution in [3.05, 3.63) is 11.6 Å². The van der Waals surface area contributed by atoms with Crippen molar-refractivity contribution < 1.29 is 5.11 Å². The number of hydrogen-bond donors (Lipinski definition) is 1. The molecule has 0 amide bonds. The smallest absolute Gasteiger partial charge is 0.0791 e. The lowest BCUT2D eigenvalue weighted by atomic mass is 9.59. The predicted octanol–water partition coefficient (Wildman–Crippen LogP) is 7.48. The standard InChI is InChI=1S/C25H46OS/c1-18(2)25(6,7)22-16-20(24(3,4)5)15-19(23(22)26)17-27-21-13-11-9-8-10-12-14-21/h15,18,20-23,26H,8-14,16-17H2,1-7H3. The Balaban J connectivity index is 2.14. The summed E-state index contributed by atoms with van der Waals surface area (Å²) in [4.78, 5) is 0. The van der Waals surface area contributed by atoms with Crippen molar-refractivity contribution in [1.82, 2.24) is 0 Å². The zero-order valence-corrected chi connectivity index (χ0v) is 20.0. The highest BCUT2D eigenvalue weighted by Crippen LogP contribution is 2.49. The highest BCUT2D eigenvalue weighted by Gasteiger charge is 2.44. The third kappa shape index (κ3) is 6.26. The van der Waals surface area contributed by atoms with Crippen molar-refractivity contribution in [3.63, 3.8) is 0 Å². The fourth-order valence-electron chi connectivity index (χ4n) is 4.76. The number of rotatable bonds is 5. The minimum absolute atomic E-state index is 0.160. The van der Waals surface area contributed by atoms with E-state index in [1.165, 1.54) is 50.5 Å². The van der Waals surface area contributed by atoms with Crippen LogP contribution in [0.15, 0.2) is 11.6 Å². The molecule has 1 fully saturated rings. The number of allylic oxidation sites excluding steroid dienone is 1. The Morgan fingerprint density at radius 1 is 1.00 bits per heavy atom. The molecule has 27 heavy (non-hydrogen) atoms. The summed E-state index contributed by atoms with van der Waals surface area (Å²) in [6.07, 6.45) is 13.1. The summed E-state index contributed by atoms with van der Waals surface area (Å²) in [7, 11) is 0.